The van der Waals surface area contributed by atoms with Gasteiger partial charge in [-0.2, -0.15) is 0 Å². The van der Waals surface area contributed by atoms with E-state index in [0.29, 0.717) is 17.1 Å². The highest BCUT2D eigenvalue weighted by Gasteiger charge is 2.24. The minimum absolute atomic E-state index is 0.0322. The van der Waals surface area contributed by atoms with Gasteiger partial charge in [0.15, 0.2) is 0 Å². The van der Waals surface area contributed by atoms with E-state index in [0.717, 1.165) is 12.4 Å². The number of para-hydroxylation sites is 2. The van der Waals surface area contributed by atoms with E-state index in [1.54, 1.807) is 24.3 Å². The molecule has 0 fully saturated rings. The standard InChI is InChI=1S/C17H13ClFN5O3/c1-27-14-5-3-2-4-13(14)23-17-15(24(25)26)16(20-9-21-17)22-10-6-7-12(19)11(18)8-10/h2-9H,1H3,(H2,20,21,22,23). The lowest BCUT2D eigenvalue weighted by atomic mass is 10.2. The second-order valence-corrected chi connectivity index (χ2v) is 5.66. The van der Waals surface area contributed by atoms with E-state index in [1.807, 2.05) is 0 Å². The molecule has 2 aromatic carbocycles. The van der Waals surface area contributed by atoms with Crippen molar-refractivity contribution in [2.24, 2.45) is 0 Å². The van der Waals surface area contributed by atoms with Gasteiger partial charge >= 0.3 is 5.69 Å². The van der Waals surface area contributed by atoms with Crippen LogP contribution < -0.4 is 15.4 Å². The predicted molar refractivity (Wildman–Crippen MR) is 99.7 cm³/mol. The molecule has 0 amide bonds. The topological polar surface area (TPSA) is 102 Å². The summed E-state index contributed by atoms with van der Waals surface area (Å²) in [6.07, 6.45) is 1.16. The Labute approximate surface area is 158 Å². The van der Waals surface area contributed by atoms with Gasteiger partial charge in [-0.25, -0.2) is 14.4 Å². The van der Waals surface area contributed by atoms with Crippen LogP contribution in [0, 0.1) is 15.9 Å². The Bertz CT molecular complexity index is 1000. The highest BCUT2D eigenvalue weighted by atomic mass is 35.5. The highest BCUT2D eigenvalue weighted by molar-refractivity contribution is 6.31. The maximum absolute atomic E-state index is 13.3. The van der Waals surface area contributed by atoms with Crippen molar-refractivity contribution in [2.45, 2.75) is 0 Å². The molecule has 27 heavy (non-hydrogen) atoms. The summed E-state index contributed by atoms with van der Waals surface area (Å²) >= 11 is 5.75. The van der Waals surface area contributed by atoms with Crippen LogP contribution in [0.3, 0.4) is 0 Å². The van der Waals surface area contributed by atoms with Gasteiger partial charge in [0.1, 0.15) is 17.9 Å². The Morgan fingerprint density at radius 1 is 1.15 bits per heavy atom. The first kappa shape index (κ1) is 18.3. The lowest BCUT2D eigenvalue weighted by molar-refractivity contribution is -0.383. The molecule has 1 aromatic heterocycles. The molecule has 3 aromatic rings. The Balaban J connectivity index is 1.99. The number of rotatable bonds is 6. The molecule has 0 saturated carbocycles. The minimum atomic E-state index is -0.620. The van der Waals surface area contributed by atoms with Crippen LogP contribution in [-0.4, -0.2) is 22.0 Å². The van der Waals surface area contributed by atoms with Crippen LogP contribution >= 0.6 is 11.6 Å². The normalized spacial score (nSPS) is 10.3. The molecular weight excluding hydrogens is 377 g/mol. The number of hydrogen-bond acceptors (Lipinski definition) is 7. The van der Waals surface area contributed by atoms with Crippen molar-refractivity contribution >= 4 is 40.3 Å². The maximum atomic E-state index is 13.3. The number of nitro groups is 1. The molecule has 1 heterocycles. The first-order valence-corrected chi connectivity index (χ1v) is 7.99. The van der Waals surface area contributed by atoms with Gasteiger partial charge in [-0.05, 0) is 30.3 Å². The van der Waals surface area contributed by atoms with Gasteiger partial charge in [0, 0.05) is 5.69 Å². The summed E-state index contributed by atoms with van der Waals surface area (Å²) in [4.78, 5) is 18.9. The van der Waals surface area contributed by atoms with Crippen LogP contribution in [0.25, 0.3) is 0 Å². The molecule has 3 rings (SSSR count). The van der Waals surface area contributed by atoms with E-state index in [1.165, 1.54) is 19.2 Å². The Hall–Kier alpha value is -3.46. The fourth-order valence-corrected chi connectivity index (χ4v) is 2.50. The molecule has 0 aliphatic heterocycles. The van der Waals surface area contributed by atoms with Crippen molar-refractivity contribution in [1.29, 1.82) is 0 Å². The monoisotopic (exact) mass is 389 g/mol. The summed E-state index contributed by atoms with van der Waals surface area (Å²) in [5.41, 5.74) is 0.452. The molecular formula is C17H13ClFN5O3. The summed E-state index contributed by atoms with van der Waals surface area (Å²) in [5.74, 6) is -0.214. The van der Waals surface area contributed by atoms with E-state index >= 15 is 0 Å². The van der Waals surface area contributed by atoms with Crippen molar-refractivity contribution in [3.05, 3.63) is 69.7 Å². The first-order chi connectivity index (χ1) is 13.0. The van der Waals surface area contributed by atoms with Gasteiger partial charge in [-0.15, -0.1) is 0 Å². The number of hydrogen-bond donors (Lipinski definition) is 2. The van der Waals surface area contributed by atoms with Crippen LogP contribution in [0.15, 0.2) is 48.8 Å². The summed E-state index contributed by atoms with van der Waals surface area (Å²) in [7, 11) is 1.49. The van der Waals surface area contributed by atoms with Crippen LogP contribution in [0.2, 0.25) is 5.02 Å². The zero-order chi connectivity index (χ0) is 19.4. The Morgan fingerprint density at radius 3 is 2.52 bits per heavy atom. The van der Waals surface area contributed by atoms with E-state index in [2.05, 4.69) is 20.6 Å². The van der Waals surface area contributed by atoms with E-state index in [4.69, 9.17) is 16.3 Å². The Morgan fingerprint density at radius 2 is 1.85 bits per heavy atom. The molecule has 8 nitrogen and oxygen atoms in total. The number of anilines is 4. The molecule has 2 N–H and O–H groups in total. The van der Waals surface area contributed by atoms with E-state index in [-0.39, 0.29) is 22.3 Å². The largest absolute Gasteiger partial charge is 0.495 e. The second kappa shape index (κ2) is 7.83. The lowest BCUT2D eigenvalue weighted by Crippen LogP contribution is -2.06. The van der Waals surface area contributed by atoms with Gasteiger partial charge in [-0.3, -0.25) is 10.1 Å². The van der Waals surface area contributed by atoms with Crippen molar-refractivity contribution in [2.75, 3.05) is 17.7 Å². The first-order valence-electron chi connectivity index (χ1n) is 7.61. The van der Waals surface area contributed by atoms with Crippen molar-refractivity contribution in [1.82, 2.24) is 9.97 Å². The fourth-order valence-electron chi connectivity index (χ4n) is 2.32. The summed E-state index contributed by atoms with van der Waals surface area (Å²) in [6.45, 7) is 0. The van der Waals surface area contributed by atoms with Crippen molar-refractivity contribution < 1.29 is 14.1 Å². The van der Waals surface area contributed by atoms with Crippen LogP contribution in [0.4, 0.5) is 33.1 Å². The number of nitrogens with one attached hydrogen (secondary N) is 2. The van der Waals surface area contributed by atoms with Crippen LogP contribution in [0.1, 0.15) is 0 Å². The Kier molecular flexibility index (Phi) is 5.32. The average Bonchev–Trinajstić information content (AvgIpc) is 2.65. The second-order valence-electron chi connectivity index (χ2n) is 5.26. The zero-order valence-electron chi connectivity index (χ0n) is 13.9. The van der Waals surface area contributed by atoms with E-state index < -0.39 is 10.7 Å². The third kappa shape index (κ3) is 4.04. The smallest absolute Gasteiger partial charge is 0.353 e. The summed E-state index contributed by atoms with van der Waals surface area (Å²) in [6, 6.07) is 10.7. The number of halogens is 2. The fraction of sp³-hybridized carbons (Fsp3) is 0.0588. The lowest BCUT2D eigenvalue weighted by Gasteiger charge is -2.12. The third-order valence-corrected chi connectivity index (χ3v) is 3.84. The van der Waals surface area contributed by atoms with Gasteiger partial charge in [0.05, 0.1) is 22.7 Å². The van der Waals surface area contributed by atoms with Gasteiger partial charge in [0.2, 0.25) is 11.6 Å². The number of ether oxygens (including phenoxy) is 1. The molecule has 10 heteroatoms. The SMILES string of the molecule is COc1ccccc1Nc1ncnc(Nc2ccc(F)c(Cl)c2)c1[N+](=O)[O-]. The molecule has 0 aliphatic rings. The molecule has 0 spiro atoms. The molecule has 0 unspecified atom stereocenters. The molecule has 0 aliphatic carbocycles. The van der Waals surface area contributed by atoms with Crippen LogP contribution in [0.5, 0.6) is 5.75 Å². The van der Waals surface area contributed by atoms with Gasteiger partial charge in [-0.1, -0.05) is 23.7 Å². The minimum Gasteiger partial charge on any atom is -0.495 e. The number of aromatic nitrogens is 2. The predicted octanol–water partition coefficient (Wildman–Crippen LogP) is 4.67. The molecule has 138 valence electrons. The van der Waals surface area contributed by atoms with Crippen molar-refractivity contribution in [3.8, 4) is 5.75 Å². The molecule has 0 saturated heterocycles. The van der Waals surface area contributed by atoms with Crippen LogP contribution in [-0.2, 0) is 0 Å². The molecule has 0 radical (unpaired) electrons. The third-order valence-electron chi connectivity index (χ3n) is 3.55. The summed E-state index contributed by atoms with van der Waals surface area (Å²) in [5, 5.41) is 17.1. The number of methoxy groups -OCH3 is 1. The quantitative estimate of drug-likeness (QED) is 0.466. The van der Waals surface area contributed by atoms with Gasteiger partial charge in [0.25, 0.3) is 0 Å². The van der Waals surface area contributed by atoms with Gasteiger partial charge < -0.3 is 15.4 Å². The highest BCUT2D eigenvalue weighted by Crippen LogP contribution is 2.35. The molecule has 0 atom stereocenters. The van der Waals surface area contributed by atoms with Crippen molar-refractivity contribution in [3.63, 3.8) is 0 Å². The number of nitrogens with zero attached hydrogens (tertiary/aromatic N) is 3. The maximum Gasteiger partial charge on any atom is 0.353 e. The average molecular weight is 390 g/mol. The molecule has 0 bridgehead atoms. The zero-order valence-corrected chi connectivity index (χ0v) is 14.7. The summed E-state index contributed by atoms with van der Waals surface area (Å²) < 4.78 is 18.5. The number of benzene rings is 2. The van der Waals surface area contributed by atoms with E-state index in [9.17, 15) is 14.5 Å².